The summed E-state index contributed by atoms with van der Waals surface area (Å²) < 4.78 is 47.2. The van der Waals surface area contributed by atoms with Gasteiger partial charge in [-0.1, -0.05) is 12.1 Å². The van der Waals surface area contributed by atoms with E-state index in [1.807, 2.05) is 13.0 Å². The van der Waals surface area contributed by atoms with Crippen molar-refractivity contribution in [2.75, 3.05) is 33.4 Å². The second-order valence-electron chi connectivity index (χ2n) is 6.09. The molecule has 5 nitrogen and oxygen atoms in total. The first-order valence-electron chi connectivity index (χ1n) is 8.77. The molecule has 0 aromatic heterocycles. The van der Waals surface area contributed by atoms with Crippen LogP contribution in [0.4, 0.5) is 13.2 Å². The molecule has 1 aromatic carbocycles. The van der Waals surface area contributed by atoms with E-state index in [2.05, 4.69) is 15.2 Å². The van der Waals surface area contributed by atoms with Gasteiger partial charge in [-0.15, -0.1) is 24.0 Å². The Kier molecular flexibility index (Phi) is 10.2. The topological polar surface area (TPSA) is 46.1 Å². The second kappa shape index (κ2) is 11.6. The number of alkyl halides is 3. The van der Waals surface area contributed by atoms with Crippen LogP contribution in [0.1, 0.15) is 25.3 Å². The van der Waals surface area contributed by atoms with Crippen LogP contribution < -0.4 is 10.1 Å². The lowest BCUT2D eigenvalue weighted by Gasteiger charge is -2.34. The summed E-state index contributed by atoms with van der Waals surface area (Å²) in [5, 5.41) is 3.26. The van der Waals surface area contributed by atoms with Gasteiger partial charge in [0.25, 0.3) is 0 Å². The number of likely N-dealkylation sites (tertiary alicyclic amines) is 1. The zero-order valence-corrected chi connectivity index (χ0v) is 17.9. The lowest BCUT2D eigenvalue weighted by atomic mass is 10.1. The van der Waals surface area contributed by atoms with Crippen molar-refractivity contribution >= 4 is 29.9 Å². The number of nitrogens with one attached hydrogen (secondary N) is 1. The predicted molar refractivity (Wildman–Crippen MR) is 110 cm³/mol. The van der Waals surface area contributed by atoms with Gasteiger partial charge in [-0.25, -0.2) is 0 Å². The molecule has 1 aliphatic rings. The van der Waals surface area contributed by atoms with Crippen molar-refractivity contribution in [3.63, 3.8) is 0 Å². The Morgan fingerprint density at radius 2 is 2.00 bits per heavy atom. The number of ether oxygens (including phenoxy) is 2. The Balaban J connectivity index is 0.00000364. The van der Waals surface area contributed by atoms with Crippen LogP contribution in [0.3, 0.4) is 0 Å². The molecular formula is C18H27F3IN3O2. The minimum absolute atomic E-state index is 0. The average molecular weight is 501 g/mol. The van der Waals surface area contributed by atoms with E-state index in [0.29, 0.717) is 12.6 Å². The summed E-state index contributed by atoms with van der Waals surface area (Å²) in [5.74, 6) is 0.982. The second-order valence-corrected chi connectivity index (χ2v) is 6.09. The smallest absolute Gasteiger partial charge is 0.422 e. The number of piperidine rings is 1. The van der Waals surface area contributed by atoms with Crippen molar-refractivity contribution in [1.82, 2.24) is 10.2 Å². The van der Waals surface area contributed by atoms with Gasteiger partial charge in [0.1, 0.15) is 5.75 Å². The monoisotopic (exact) mass is 501 g/mol. The molecule has 1 saturated heterocycles. The fourth-order valence-corrected chi connectivity index (χ4v) is 2.89. The number of nitrogens with zero attached hydrogens (tertiary/aromatic N) is 2. The van der Waals surface area contributed by atoms with Crippen molar-refractivity contribution < 1.29 is 22.6 Å². The number of halogens is 4. The molecule has 154 valence electrons. The maximum Gasteiger partial charge on any atom is 0.422 e. The zero-order chi connectivity index (χ0) is 19.0. The first-order chi connectivity index (χ1) is 12.4. The number of guanidine groups is 1. The molecular weight excluding hydrogens is 474 g/mol. The number of benzene rings is 1. The number of aliphatic imine (C=N–C) groups is 1. The summed E-state index contributed by atoms with van der Waals surface area (Å²) in [6, 6.07) is 6.64. The first-order valence-corrected chi connectivity index (χ1v) is 8.77. The van der Waals surface area contributed by atoms with Crippen LogP contribution in [-0.2, 0) is 11.3 Å². The van der Waals surface area contributed by atoms with Crippen LogP contribution in [-0.4, -0.2) is 56.5 Å². The van der Waals surface area contributed by atoms with Gasteiger partial charge in [-0.2, -0.15) is 13.2 Å². The van der Waals surface area contributed by atoms with Crippen molar-refractivity contribution in [3.05, 3.63) is 29.8 Å². The highest BCUT2D eigenvalue weighted by atomic mass is 127. The Morgan fingerprint density at radius 3 is 2.59 bits per heavy atom. The van der Waals surface area contributed by atoms with E-state index in [1.54, 1.807) is 19.2 Å². The predicted octanol–water partition coefficient (Wildman–Crippen LogP) is 3.82. The highest BCUT2D eigenvalue weighted by Crippen LogP contribution is 2.19. The Morgan fingerprint density at radius 1 is 1.30 bits per heavy atom. The summed E-state index contributed by atoms with van der Waals surface area (Å²) in [6.45, 7) is 3.61. The molecule has 1 aliphatic heterocycles. The molecule has 1 fully saturated rings. The van der Waals surface area contributed by atoms with E-state index >= 15 is 0 Å². The minimum Gasteiger partial charge on any atom is -0.484 e. The SMILES string of the molecule is CCOC1CCN(C(=NC)NCc2cccc(OCC(F)(F)F)c2)CC1.I. The summed E-state index contributed by atoms with van der Waals surface area (Å²) in [5.41, 5.74) is 0.829. The quantitative estimate of drug-likeness (QED) is 0.366. The standard InChI is InChI=1S/C18H26F3N3O2.HI/c1-3-25-15-7-9-24(10-8-15)17(22-2)23-12-14-5-4-6-16(11-14)26-13-18(19,20)21;/h4-6,11,15H,3,7-10,12-13H2,1-2H3,(H,22,23);1H. The molecule has 0 bridgehead atoms. The molecule has 0 atom stereocenters. The molecule has 1 N–H and O–H groups in total. The molecule has 2 rings (SSSR count). The van der Waals surface area contributed by atoms with Crippen LogP contribution in [0.2, 0.25) is 0 Å². The number of hydrogen-bond acceptors (Lipinski definition) is 3. The van der Waals surface area contributed by atoms with E-state index in [1.165, 1.54) is 6.07 Å². The van der Waals surface area contributed by atoms with E-state index < -0.39 is 12.8 Å². The highest BCUT2D eigenvalue weighted by molar-refractivity contribution is 14.0. The molecule has 0 amide bonds. The highest BCUT2D eigenvalue weighted by Gasteiger charge is 2.28. The summed E-state index contributed by atoms with van der Waals surface area (Å²) in [7, 11) is 1.72. The fourth-order valence-electron chi connectivity index (χ4n) is 2.89. The van der Waals surface area contributed by atoms with E-state index in [9.17, 15) is 13.2 Å². The molecule has 0 saturated carbocycles. The van der Waals surface area contributed by atoms with Gasteiger partial charge in [0.2, 0.25) is 0 Å². The van der Waals surface area contributed by atoms with Crippen LogP contribution in [0.5, 0.6) is 5.75 Å². The molecule has 1 aromatic rings. The third-order valence-corrected chi connectivity index (χ3v) is 4.11. The lowest BCUT2D eigenvalue weighted by molar-refractivity contribution is -0.153. The number of hydrogen-bond donors (Lipinski definition) is 1. The summed E-state index contributed by atoms with van der Waals surface area (Å²) >= 11 is 0. The molecule has 1 heterocycles. The van der Waals surface area contributed by atoms with Crippen LogP contribution in [0.15, 0.2) is 29.3 Å². The maximum absolute atomic E-state index is 12.3. The van der Waals surface area contributed by atoms with Crippen molar-refractivity contribution in [2.24, 2.45) is 4.99 Å². The first kappa shape index (κ1) is 23.8. The molecule has 27 heavy (non-hydrogen) atoms. The number of rotatable bonds is 6. The fraction of sp³-hybridized carbons (Fsp3) is 0.611. The third-order valence-electron chi connectivity index (χ3n) is 4.11. The van der Waals surface area contributed by atoms with Gasteiger partial charge in [-0.3, -0.25) is 4.99 Å². The molecule has 9 heteroatoms. The van der Waals surface area contributed by atoms with Crippen LogP contribution >= 0.6 is 24.0 Å². The van der Waals surface area contributed by atoms with Gasteiger partial charge in [0.15, 0.2) is 12.6 Å². The van der Waals surface area contributed by atoms with Crippen molar-refractivity contribution in [3.8, 4) is 5.75 Å². The summed E-state index contributed by atoms with van der Waals surface area (Å²) in [6.07, 6.45) is -2.13. The lowest BCUT2D eigenvalue weighted by Crippen LogP contribution is -2.46. The Labute approximate surface area is 175 Å². The van der Waals surface area contributed by atoms with Gasteiger partial charge < -0.3 is 19.7 Å². The van der Waals surface area contributed by atoms with Gasteiger partial charge >= 0.3 is 6.18 Å². The maximum atomic E-state index is 12.3. The Hall–Kier alpha value is -1.23. The molecule has 0 spiro atoms. The van der Waals surface area contributed by atoms with Gasteiger partial charge in [0, 0.05) is 33.3 Å². The average Bonchev–Trinajstić information content (AvgIpc) is 2.62. The Bertz CT molecular complexity index is 591. The van der Waals surface area contributed by atoms with Crippen molar-refractivity contribution in [2.45, 2.75) is 38.6 Å². The van der Waals surface area contributed by atoms with Gasteiger partial charge in [0.05, 0.1) is 6.10 Å². The van der Waals surface area contributed by atoms with Crippen molar-refractivity contribution in [1.29, 1.82) is 0 Å². The molecule has 0 unspecified atom stereocenters. The molecule has 0 aliphatic carbocycles. The van der Waals surface area contributed by atoms with Gasteiger partial charge in [-0.05, 0) is 37.5 Å². The minimum atomic E-state index is -4.34. The van der Waals surface area contributed by atoms with E-state index in [4.69, 9.17) is 9.47 Å². The third kappa shape index (κ3) is 8.54. The largest absolute Gasteiger partial charge is 0.484 e. The molecule has 0 radical (unpaired) electrons. The van der Waals surface area contributed by atoms with Crippen LogP contribution in [0, 0.1) is 0 Å². The van der Waals surface area contributed by atoms with Crippen LogP contribution in [0.25, 0.3) is 0 Å². The summed E-state index contributed by atoms with van der Waals surface area (Å²) in [4.78, 5) is 6.47. The van der Waals surface area contributed by atoms with E-state index in [-0.39, 0.29) is 29.7 Å². The van der Waals surface area contributed by atoms with E-state index in [0.717, 1.165) is 44.1 Å². The normalized spacial score (nSPS) is 16.0. The zero-order valence-electron chi connectivity index (χ0n) is 15.6.